The van der Waals surface area contributed by atoms with Crippen LogP contribution in [0.5, 0.6) is 0 Å². The van der Waals surface area contributed by atoms with Gasteiger partial charge in [0.05, 0.1) is 0 Å². The number of carbonyl (C=O) groups excluding carboxylic acids is 3. The van der Waals surface area contributed by atoms with Gasteiger partial charge in [0.25, 0.3) is 0 Å². The summed E-state index contributed by atoms with van der Waals surface area (Å²) in [4.78, 5) is 38.3. The van der Waals surface area contributed by atoms with Crippen molar-refractivity contribution < 1.29 is 28.6 Å². The Morgan fingerprint density at radius 1 is 0.273 bits per heavy atom. The summed E-state index contributed by atoms with van der Waals surface area (Å²) in [5.74, 6) is -1.00. The molecule has 1 unspecified atom stereocenters. The first-order chi connectivity index (χ1) is 38.0. The minimum Gasteiger partial charge on any atom is -0.462 e. The van der Waals surface area contributed by atoms with Crippen molar-refractivity contribution in [1.82, 2.24) is 0 Å². The van der Waals surface area contributed by atoms with E-state index in [9.17, 15) is 14.4 Å². The fourth-order valence-corrected chi connectivity index (χ4v) is 7.91. The molecule has 6 nitrogen and oxygen atoms in total. The van der Waals surface area contributed by atoms with E-state index in [1.807, 2.05) is 0 Å². The minimum atomic E-state index is -0.823. The van der Waals surface area contributed by atoms with Gasteiger partial charge in [0.2, 0.25) is 0 Å². The van der Waals surface area contributed by atoms with Crippen molar-refractivity contribution in [3.63, 3.8) is 0 Å². The fourth-order valence-electron chi connectivity index (χ4n) is 7.91. The highest BCUT2D eigenvalue weighted by Gasteiger charge is 2.19. The van der Waals surface area contributed by atoms with E-state index in [1.54, 1.807) is 0 Å². The quantitative estimate of drug-likeness (QED) is 0.0261. The lowest BCUT2D eigenvalue weighted by Crippen LogP contribution is -2.30. The zero-order valence-corrected chi connectivity index (χ0v) is 49.4. The molecule has 0 fully saturated rings. The topological polar surface area (TPSA) is 78.9 Å². The number of hydrogen-bond donors (Lipinski definition) is 0. The fraction of sp³-hybridized carbons (Fsp3) is 0.592. The smallest absolute Gasteiger partial charge is 0.306 e. The highest BCUT2D eigenvalue weighted by molar-refractivity contribution is 5.71. The molecule has 1 atom stereocenters. The van der Waals surface area contributed by atoms with Crippen molar-refractivity contribution >= 4 is 17.9 Å². The second-order valence-corrected chi connectivity index (χ2v) is 19.8. The van der Waals surface area contributed by atoms with Crippen LogP contribution in [-0.4, -0.2) is 37.2 Å². The molecule has 0 N–H and O–H groups in total. The Bertz CT molecular complexity index is 1740. The third-order valence-electron chi connectivity index (χ3n) is 12.5. The van der Waals surface area contributed by atoms with Crippen LogP contribution in [0.2, 0.25) is 0 Å². The monoisotopic (exact) mass is 1060 g/mol. The first kappa shape index (κ1) is 72.0. The SMILES string of the molecule is CC/C=C\C/C=C\C/C=C\C/C=C\C/C=C\C/C=C\CCCCC(=O)OCC(COC(=O)CCCCCC/C=C\C/C=C\C/C=C\C/C=C\CC)OC(=O)CCCCCCCC/C=C\C/C=C\C/C=C\CCCCCCC. The summed E-state index contributed by atoms with van der Waals surface area (Å²) in [7, 11) is 0. The van der Waals surface area contributed by atoms with E-state index in [1.165, 1.54) is 51.4 Å². The van der Waals surface area contributed by atoms with Crippen molar-refractivity contribution in [2.24, 2.45) is 0 Å². The van der Waals surface area contributed by atoms with Gasteiger partial charge in [0.15, 0.2) is 6.10 Å². The molecule has 0 aromatic heterocycles. The average Bonchev–Trinajstić information content (AvgIpc) is 3.43. The van der Waals surface area contributed by atoms with Gasteiger partial charge in [0.1, 0.15) is 13.2 Å². The van der Waals surface area contributed by atoms with Gasteiger partial charge in [-0.05, 0) is 148 Å². The van der Waals surface area contributed by atoms with E-state index in [2.05, 4.69) is 179 Å². The van der Waals surface area contributed by atoms with Crippen LogP contribution in [0.25, 0.3) is 0 Å². The van der Waals surface area contributed by atoms with Crippen molar-refractivity contribution in [2.45, 2.75) is 258 Å². The van der Waals surface area contributed by atoms with Crippen LogP contribution >= 0.6 is 0 Å². The molecule has 0 saturated heterocycles. The number of rotatable bonds is 54. The van der Waals surface area contributed by atoms with E-state index < -0.39 is 6.10 Å². The zero-order chi connectivity index (χ0) is 55.7. The molecule has 0 bridgehead atoms. The van der Waals surface area contributed by atoms with Crippen molar-refractivity contribution in [3.8, 4) is 0 Å². The Kier molecular flexibility index (Phi) is 59.5. The Hall–Kier alpha value is -4.97. The van der Waals surface area contributed by atoms with E-state index in [4.69, 9.17) is 14.2 Å². The van der Waals surface area contributed by atoms with Crippen molar-refractivity contribution in [2.75, 3.05) is 13.2 Å². The molecule has 432 valence electrons. The molecular formula is C71H112O6. The summed E-state index contributed by atoms with van der Waals surface area (Å²) in [5, 5.41) is 0. The van der Waals surface area contributed by atoms with Gasteiger partial charge in [-0.2, -0.15) is 0 Å². The first-order valence-electron chi connectivity index (χ1n) is 31.0. The van der Waals surface area contributed by atoms with Crippen LogP contribution in [0.1, 0.15) is 252 Å². The van der Waals surface area contributed by atoms with Gasteiger partial charge >= 0.3 is 17.9 Å². The predicted octanol–water partition coefficient (Wildman–Crippen LogP) is 21.3. The lowest BCUT2D eigenvalue weighted by atomic mass is 10.1. The van der Waals surface area contributed by atoms with Crippen LogP contribution in [0.4, 0.5) is 0 Å². The van der Waals surface area contributed by atoms with Gasteiger partial charge < -0.3 is 14.2 Å². The summed E-state index contributed by atoms with van der Waals surface area (Å²) in [6.07, 6.45) is 92.3. The van der Waals surface area contributed by atoms with Gasteiger partial charge in [-0.1, -0.05) is 243 Å². The maximum atomic E-state index is 12.9. The third-order valence-corrected chi connectivity index (χ3v) is 12.5. The maximum absolute atomic E-state index is 12.9. The molecule has 0 amide bonds. The molecule has 6 heteroatoms. The van der Waals surface area contributed by atoms with Crippen molar-refractivity contribution in [1.29, 1.82) is 0 Å². The molecule has 0 rings (SSSR count). The predicted molar refractivity (Wildman–Crippen MR) is 334 cm³/mol. The standard InChI is InChI=1S/C71H112O6/c1-4-7-10-13-16-19-22-25-28-31-33-35-37-40-43-46-49-52-55-58-61-64-70(73)76-67-68(66-75-69(72)63-60-57-54-51-48-45-42-39-30-27-24-21-18-15-12-9-6-3)77-71(74)65-62-59-56-53-50-47-44-41-38-36-34-32-29-26-23-20-17-14-11-8-5-2/h7,9-10,12,16,18-19,21,23,25-28,30,32-35,38,40-43,45,49,52,68H,4-6,8,11,13-15,17,20,22,24,29,31,36-37,39,44,46-48,50-51,53-67H2,1-3H3/b10-7-,12-9-,19-16-,21-18-,26-23-,28-25-,30-27-,34-32-,35-33-,41-38-,43-40-,45-42-,52-49-. The number of hydrogen-bond acceptors (Lipinski definition) is 6. The molecule has 0 aliphatic carbocycles. The Morgan fingerprint density at radius 2 is 0.506 bits per heavy atom. The largest absolute Gasteiger partial charge is 0.462 e. The molecule has 77 heavy (non-hydrogen) atoms. The number of esters is 3. The summed E-state index contributed by atoms with van der Waals surface area (Å²) in [5.41, 5.74) is 0. The molecule has 0 heterocycles. The average molecular weight is 1060 g/mol. The lowest BCUT2D eigenvalue weighted by Gasteiger charge is -2.18. The van der Waals surface area contributed by atoms with Crippen molar-refractivity contribution in [3.05, 3.63) is 158 Å². The molecule has 0 aliphatic heterocycles. The highest BCUT2D eigenvalue weighted by atomic mass is 16.6. The van der Waals surface area contributed by atoms with Crippen LogP contribution in [0.15, 0.2) is 158 Å². The molecule has 0 aromatic rings. The normalized spacial score (nSPS) is 13.2. The molecule has 0 aliphatic rings. The highest BCUT2D eigenvalue weighted by Crippen LogP contribution is 2.13. The van der Waals surface area contributed by atoms with Gasteiger partial charge in [-0.3, -0.25) is 14.4 Å². The minimum absolute atomic E-state index is 0.117. The molecule has 0 spiro atoms. The van der Waals surface area contributed by atoms with Gasteiger partial charge in [-0.25, -0.2) is 0 Å². The van der Waals surface area contributed by atoms with Crippen LogP contribution in [0, 0.1) is 0 Å². The van der Waals surface area contributed by atoms with Crippen LogP contribution in [0.3, 0.4) is 0 Å². The van der Waals surface area contributed by atoms with E-state index in [0.29, 0.717) is 19.3 Å². The van der Waals surface area contributed by atoms with Gasteiger partial charge in [0, 0.05) is 19.3 Å². The van der Waals surface area contributed by atoms with Crippen LogP contribution in [-0.2, 0) is 28.6 Å². The molecular weight excluding hydrogens is 949 g/mol. The van der Waals surface area contributed by atoms with E-state index in [0.717, 1.165) is 154 Å². The van der Waals surface area contributed by atoms with Crippen LogP contribution < -0.4 is 0 Å². The second-order valence-electron chi connectivity index (χ2n) is 19.8. The summed E-state index contributed by atoms with van der Waals surface area (Å²) >= 11 is 0. The molecule has 0 aromatic carbocycles. The maximum Gasteiger partial charge on any atom is 0.306 e. The summed E-state index contributed by atoms with van der Waals surface area (Å²) < 4.78 is 16.9. The number of unbranched alkanes of at least 4 members (excludes halogenated alkanes) is 17. The van der Waals surface area contributed by atoms with E-state index >= 15 is 0 Å². The molecule has 0 radical (unpaired) electrons. The van der Waals surface area contributed by atoms with Gasteiger partial charge in [-0.15, -0.1) is 0 Å². The second kappa shape index (κ2) is 63.6. The Morgan fingerprint density at radius 3 is 0.818 bits per heavy atom. The zero-order valence-electron chi connectivity index (χ0n) is 49.4. The van der Waals surface area contributed by atoms with E-state index in [-0.39, 0.29) is 37.5 Å². The summed E-state index contributed by atoms with van der Waals surface area (Å²) in [6, 6.07) is 0. The number of ether oxygens (including phenoxy) is 3. The molecule has 0 saturated carbocycles. The third kappa shape index (κ3) is 61.8. The lowest BCUT2D eigenvalue weighted by molar-refractivity contribution is -0.167. The first-order valence-corrected chi connectivity index (χ1v) is 31.0. The summed E-state index contributed by atoms with van der Waals surface area (Å²) in [6.45, 7) is 6.33. The number of allylic oxidation sites excluding steroid dienone is 26. The Balaban J connectivity index is 4.57. The Labute approximate surface area is 473 Å². The number of carbonyl (C=O) groups is 3.